The van der Waals surface area contributed by atoms with Gasteiger partial charge < -0.3 is 28.5 Å². The molecule has 9 heteroatoms. The molecule has 0 unspecified atom stereocenters. The molecule has 0 saturated heterocycles. The van der Waals surface area contributed by atoms with Crippen LogP contribution < -0.4 is 19.5 Å². The van der Waals surface area contributed by atoms with Crippen LogP contribution in [-0.4, -0.2) is 38.2 Å². The van der Waals surface area contributed by atoms with Crippen LogP contribution in [-0.2, 0) is 11.2 Å². The summed E-state index contributed by atoms with van der Waals surface area (Å²) in [5, 5.41) is 7.30. The third-order valence-electron chi connectivity index (χ3n) is 5.42. The molecule has 1 N–H and O–H groups in total. The minimum absolute atomic E-state index is 0.187. The molecule has 4 aromatic rings. The van der Waals surface area contributed by atoms with E-state index in [-0.39, 0.29) is 23.9 Å². The zero-order valence-electron chi connectivity index (χ0n) is 19.3. The number of fused-ring (bicyclic) bond motifs is 1. The van der Waals surface area contributed by atoms with Crippen molar-refractivity contribution in [2.45, 2.75) is 19.8 Å². The molecule has 9 nitrogen and oxygen atoms in total. The van der Waals surface area contributed by atoms with Crippen molar-refractivity contribution < 1.29 is 32.7 Å². The second-order valence-electron chi connectivity index (χ2n) is 7.55. The molecule has 2 aromatic carbocycles. The van der Waals surface area contributed by atoms with Crippen molar-refractivity contribution in [1.82, 2.24) is 5.16 Å². The Morgan fingerprint density at radius 1 is 1.00 bits per heavy atom. The average Bonchev–Trinajstić information content (AvgIpc) is 3.46. The molecule has 2 aromatic heterocycles. The second-order valence-corrected chi connectivity index (χ2v) is 7.55. The quantitative estimate of drug-likeness (QED) is 0.359. The van der Waals surface area contributed by atoms with E-state index in [1.807, 2.05) is 0 Å². The van der Waals surface area contributed by atoms with E-state index in [1.54, 1.807) is 49.4 Å². The maximum absolute atomic E-state index is 13.3. The highest BCUT2D eigenvalue weighted by molar-refractivity contribution is 6.12. The number of furan rings is 1. The second kappa shape index (κ2) is 9.70. The highest BCUT2D eigenvalue weighted by atomic mass is 16.5. The first-order chi connectivity index (χ1) is 16.4. The third kappa shape index (κ3) is 4.59. The van der Waals surface area contributed by atoms with Crippen molar-refractivity contribution >= 4 is 28.3 Å². The Kier molecular flexibility index (Phi) is 6.53. The molecule has 0 fully saturated rings. The van der Waals surface area contributed by atoms with Crippen LogP contribution in [0, 0.1) is 6.92 Å². The van der Waals surface area contributed by atoms with Crippen molar-refractivity contribution in [1.29, 1.82) is 0 Å². The number of anilines is 1. The van der Waals surface area contributed by atoms with Crippen LogP contribution in [0.1, 0.15) is 33.9 Å². The van der Waals surface area contributed by atoms with Gasteiger partial charge in [-0.15, -0.1) is 0 Å². The fourth-order valence-corrected chi connectivity index (χ4v) is 3.60. The fourth-order valence-electron chi connectivity index (χ4n) is 3.60. The normalized spacial score (nSPS) is 10.8. The fraction of sp³-hybridized carbons (Fsp3) is 0.240. The molecule has 0 aliphatic heterocycles. The molecule has 1 amide bonds. The monoisotopic (exact) mass is 464 g/mol. The third-order valence-corrected chi connectivity index (χ3v) is 5.42. The van der Waals surface area contributed by atoms with Crippen LogP contribution in [0.5, 0.6) is 17.4 Å². The highest BCUT2D eigenvalue weighted by Gasteiger charge is 2.23. The SMILES string of the molecule is COc1ccc(OC)c(C(=O)c2oc3ccc(NC(=O)CCc4cc(OC)no4)cc3c2C)c1. The van der Waals surface area contributed by atoms with E-state index in [9.17, 15) is 9.59 Å². The number of hydrogen-bond donors (Lipinski definition) is 1. The van der Waals surface area contributed by atoms with Crippen LogP contribution in [0.2, 0.25) is 0 Å². The van der Waals surface area contributed by atoms with Gasteiger partial charge in [-0.2, -0.15) is 0 Å². The molecule has 0 aliphatic carbocycles. The zero-order valence-corrected chi connectivity index (χ0v) is 19.3. The predicted molar refractivity (Wildman–Crippen MR) is 124 cm³/mol. The molecule has 0 aliphatic rings. The molecule has 0 saturated carbocycles. The Morgan fingerprint density at radius 3 is 2.53 bits per heavy atom. The van der Waals surface area contributed by atoms with Crippen LogP contribution in [0.15, 0.2) is 51.4 Å². The lowest BCUT2D eigenvalue weighted by atomic mass is 10.0. The topological polar surface area (TPSA) is 113 Å². The Hall–Kier alpha value is -4.27. The summed E-state index contributed by atoms with van der Waals surface area (Å²) in [4.78, 5) is 25.7. The van der Waals surface area contributed by atoms with Gasteiger partial charge in [0.05, 0.1) is 26.9 Å². The first-order valence-electron chi connectivity index (χ1n) is 10.5. The van der Waals surface area contributed by atoms with Gasteiger partial charge in [-0.25, -0.2) is 0 Å². The largest absolute Gasteiger partial charge is 0.497 e. The number of ketones is 1. The molecule has 34 heavy (non-hydrogen) atoms. The van der Waals surface area contributed by atoms with E-state index in [2.05, 4.69) is 10.5 Å². The molecule has 4 rings (SSSR count). The Bertz CT molecular complexity index is 1350. The van der Waals surface area contributed by atoms with E-state index < -0.39 is 0 Å². The number of aryl methyl sites for hydroxylation is 2. The van der Waals surface area contributed by atoms with E-state index in [0.29, 0.717) is 52.0 Å². The van der Waals surface area contributed by atoms with Gasteiger partial charge in [-0.3, -0.25) is 9.59 Å². The van der Waals surface area contributed by atoms with E-state index in [1.165, 1.54) is 21.3 Å². The number of rotatable bonds is 9. The zero-order chi connectivity index (χ0) is 24.2. The summed E-state index contributed by atoms with van der Waals surface area (Å²) in [6.45, 7) is 1.80. The van der Waals surface area contributed by atoms with Crippen LogP contribution >= 0.6 is 0 Å². The predicted octanol–water partition coefficient (Wildman–Crippen LogP) is 4.56. The molecular weight excluding hydrogens is 440 g/mol. The number of nitrogens with zero attached hydrogens (tertiary/aromatic N) is 1. The van der Waals surface area contributed by atoms with E-state index in [0.717, 1.165) is 5.39 Å². The maximum Gasteiger partial charge on any atom is 0.254 e. The smallest absolute Gasteiger partial charge is 0.254 e. The van der Waals surface area contributed by atoms with Crippen molar-refractivity contribution in [3.63, 3.8) is 0 Å². The van der Waals surface area contributed by atoms with Crippen molar-refractivity contribution in [3.8, 4) is 17.4 Å². The molecular formula is C25H24N2O7. The number of amides is 1. The van der Waals surface area contributed by atoms with Gasteiger partial charge in [0.15, 0.2) is 5.76 Å². The minimum atomic E-state index is -0.322. The molecule has 0 radical (unpaired) electrons. The van der Waals surface area contributed by atoms with Crippen molar-refractivity contribution in [2.75, 3.05) is 26.6 Å². The van der Waals surface area contributed by atoms with Gasteiger partial charge in [-0.1, -0.05) is 0 Å². The van der Waals surface area contributed by atoms with Crippen molar-refractivity contribution in [2.24, 2.45) is 0 Å². The number of aromatic nitrogens is 1. The number of hydrogen-bond acceptors (Lipinski definition) is 8. The van der Waals surface area contributed by atoms with Crippen LogP contribution in [0.25, 0.3) is 11.0 Å². The molecule has 0 atom stereocenters. The maximum atomic E-state index is 13.3. The van der Waals surface area contributed by atoms with Gasteiger partial charge in [0.1, 0.15) is 22.8 Å². The van der Waals surface area contributed by atoms with Gasteiger partial charge in [0.2, 0.25) is 11.7 Å². The summed E-state index contributed by atoms with van der Waals surface area (Å²) in [6.07, 6.45) is 0.594. The lowest BCUT2D eigenvalue weighted by Gasteiger charge is -2.08. The van der Waals surface area contributed by atoms with Gasteiger partial charge >= 0.3 is 0 Å². The highest BCUT2D eigenvalue weighted by Crippen LogP contribution is 2.32. The van der Waals surface area contributed by atoms with Gasteiger partial charge in [-0.05, 0) is 48.5 Å². The lowest BCUT2D eigenvalue weighted by molar-refractivity contribution is -0.116. The molecule has 0 bridgehead atoms. The number of carbonyl (C=O) groups is 2. The molecule has 0 spiro atoms. The van der Waals surface area contributed by atoms with E-state index in [4.69, 9.17) is 23.2 Å². The number of benzene rings is 2. The number of carbonyl (C=O) groups excluding carboxylic acids is 2. The summed E-state index contributed by atoms with van der Waals surface area (Å²) in [6, 6.07) is 11.9. The van der Waals surface area contributed by atoms with E-state index >= 15 is 0 Å². The van der Waals surface area contributed by atoms with Crippen LogP contribution in [0.3, 0.4) is 0 Å². The lowest BCUT2D eigenvalue weighted by Crippen LogP contribution is -2.12. The standard InChI is InChI=1S/C25H24N2O7/c1-14-18-11-15(26-22(28)10-7-17-13-23(32-4)27-34-17)5-8-21(18)33-25(14)24(29)19-12-16(30-2)6-9-20(19)31-3/h5-6,8-9,11-13H,7,10H2,1-4H3,(H,26,28). The number of nitrogens with one attached hydrogen (secondary N) is 1. The molecule has 176 valence electrons. The first kappa shape index (κ1) is 22.9. The Labute approximate surface area is 195 Å². The summed E-state index contributed by atoms with van der Waals surface area (Å²) in [5.41, 5.74) is 2.13. The summed E-state index contributed by atoms with van der Waals surface area (Å²) in [5.74, 6) is 1.57. The number of methoxy groups -OCH3 is 3. The first-order valence-corrected chi connectivity index (χ1v) is 10.5. The van der Waals surface area contributed by atoms with Crippen LogP contribution in [0.4, 0.5) is 5.69 Å². The Balaban J connectivity index is 1.53. The van der Waals surface area contributed by atoms with Gasteiger partial charge in [0.25, 0.3) is 5.88 Å². The van der Waals surface area contributed by atoms with Crippen molar-refractivity contribution in [3.05, 3.63) is 65.1 Å². The summed E-state index contributed by atoms with van der Waals surface area (Å²) in [7, 11) is 4.52. The summed E-state index contributed by atoms with van der Waals surface area (Å²) < 4.78 is 26.5. The van der Waals surface area contributed by atoms with Gasteiger partial charge in [0, 0.05) is 35.5 Å². The summed E-state index contributed by atoms with van der Waals surface area (Å²) >= 11 is 0. The Morgan fingerprint density at radius 2 is 1.82 bits per heavy atom. The minimum Gasteiger partial charge on any atom is -0.497 e. The molecule has 2 heterocycles. The number of ether oxygens (including phenoxy) is 3. The average molecular weight is 464 g/mol.